The number of rotatable bonds is 7. The Morgan fingerprint density at radius 2 is 2.06 bits per heavy atom. The maximum absolute atomic E-state index is 8.99. The summed E-state index contributed by atoms with van der Waals surface area (Å²) >= 11 is 0. The number of para-hydroxylation sites is 1. The van der Waals surface area contributed by atoms with Gasteiger partial charge in [0.15, 0.2) is 0 Å². The van der Waals surface area contributed by atoms with Gasteiger partial charge in [-0.3, -0.25) is 0 Å². The SMILES string of the molecule is CNC(CO)COc1ccccc1CCO. The number of hydrogen-bond donors (Lipinski definition) is 3. The molecule has 0 aliphatic rings. The van der Waals surface area contributed by atoms with Crippen molar-refractivity contribution >= 4 is 0 Å². The molecular formula is C12H19NO3. The minimum Gasteiger partial charge on any atom is -0.492 e. The Kier molecular flexibility index (Phi) is 5.85. The van der Waals surface area contributed by atoms with Crippen LogP contribution in [0.1, 0.15) is 5.56 Å². The Balaban J connectivity index is 2.58. The molecule has 0 saturated heterocycles. The average molecular weight is 225 g/mol. The van der Waals surface area contributed by atoms with Crippen molar-refractivity contribution < 1.29 is 14.9 Å². The Bertz CT molecular complexity index is 300. The van der Waals surface area contributed by atoms with Gasteiger partial charge in [-0.05, 0) is 25.1 Å². The maximum atomic E-state index is 8.99. The minimum atomic E-state index is -0.0674. The molecule has 0 amide bonds. The van der Waals surface area contributed by atoms with Gasteiger partial charge in [-0.2, -0.15) is 0 Å². The van der Waals surface area contributed by atoms with Gasteiger partial charge in [0.1, 0.15) is 12.4 Å². The van der Waals surface area contributed by atoms with Gasteiger partial charge in [0.2, 0.25) is 0 Å². The van der Waals surface area contributed by atoms with E-state index in [0.29, 0.717) is 13.0 Å². The van der Waals surface area contributed by atoms with Crippen LogP contribution in [0.2, 0.25) is 0 Å². The van der Waals surface area contributed by atoms with Gasteiger partial charge >= 0.3 is 0 Å². The minimum absolute atomic E-state index is 0.0403. The van der Waals surface area contributed by atoms with E-state index in [1.807, 2.05) is 24.3 Å². The molecule has 0 radical (unpaired) electrons. The summed E-state index contributed by atoms with van der Waals surface area (Å²) in [6.07, 6.45) is 0.583. The first-order valence-electron chi connectivity index (χ1n) is 5.41. The van der Waals surface area contributed by atoms with Crippen LogP contribution in [0.5, 0.6) is 5.75 Å². The predicted octanol–water partition coefficient (Wildman–Crippen LogP) is 0.180. The van der Waals surface area contributed by atoms with Gasteiger partial charge in [-0.15, -0.1) is 0 Å². The van der Waals surface area contributed by atoms with Crippen molar-refractivity contribution in [3.05, 3.63) is 29.8 Å². The third-order valence-electron chi connectivity index (χ3n) is 2.42. The van der Waals surface area contributed by atoms with E-state index in [2.05, 4.69) is 5.32 Å². The monoisotopic (exact) mass is 225 g/mol. The number of benzene rings is 1. The van der Waals surface area contributed by atoms with Crippen LogP contribution in [0.3, 0.4) is 0 Å². The summed E-state index contributed by atoms with van der Waals surface area (Å²) in [4.78, 5) is 0. The Morgan fingerprint density at radius 1 is 1.31 bits per heavy atom. The molecule has 0 spiro atoms. The van der Waals surface area contributed by atoms with Crippen molar-refractivity contribution in [1.29, 1.82) is 0 Å². The highest BCUT2D eigenvalue weighted by Crippen LogP contribution is 2.18. The lowest BCUT2D eigenvalue weighted by Crippen LogP contribution is -2.35. The Hall–Kier alpha value is -1.10. The van der Waals surface area contributed by atoms with Crippen molar-refractivity contribution in [2.45, 2.75) is 12.5 Å². The number of ether oxygens (including phenoxy) is 1. The molecule has 1 aromatic carbocycles. The van der Waals surface area contributed by atoms with E-state index in [0.717, 1.165) is 11.3 Å². The standard InChI is InChI=1S/C12H19NO3/c1-13-11(8-15)9-16-12-5-3-2-4-10(12)6-7-14/h2-5,11,13-15H,6-9H2,1H3. The lowest BCUT2D eigenvalue weighted by molar-refractivity contribution is 0.187. The van der Waals surface area contributed by atoms with Gasteiger partial charge in [0, 0.05) is 6.61 Å². The lowest BCUT2D eigenvalue weighted by Gasteiger charge is -2.16. The van der Waals surface area contributed by atoms with Gasteiger partial charge < -0.3 is 20.3 Å². The molecule has 3 N–H and O–H groups in total. The van der Waals surface area contributed by atoms with Crippen LogP contribution in [0.25, 0.3) is 0 Å². The molecule has 0 aromatic heterocycles. The Morgan fingerprint density at radius 3 is 2.69 bits per heavy atom. The first kappa shape index (κ1) is 13.0. The average Bonchev–Trinajstić information content (AvgIpc) is 2.33. The predicted molar refractivity (Wildman–Crippen MR) is 62.7 cm³/mol. The molecule has 1 aromatic rings. The topological polar surface area (TPSA) is 61.7 Å². The van der Waals surface area contributed by atoms with E-state index in [1.165, 1.54) is 0 Å². The third-order valence-corrected chi connectivity index (χ3v) is 2.42. The number of aliphatic hydroxyl groups is 2. The zero-order valence-corrected chi connectivity index (χ0v) is 9.52. The number of likely N-dealkylation sites (N-methyl/N-ethyl adjacent to an activating group) is 1. The molecular weight excluding hydrogens is 206 g/mol. The van der Waals surface area contributed by atoms with Crippen LogP contribution in [-0.4, -0.2) is 43.1 Å². The fourth-order valence-electron chi connectivity index (χ4n) is 1.39. The molecule has 0 aliphatic carbocycles. The summed E-state index contributed by atoms with van der Waals surface area (Å²) in [6.45, 7) is 0.559. The summed E-state index contributed by atoms with van der Waals surface area (Å²) in [7, 11) is 1.78. The first-order chi connectivity index (χ1) is 7.81. The van der Waals surface area contributed by atoms with Crippen molar-refractivity contribution in [3.8, 4) is 5.75 Å². The van der Waals surface area contributed by atoms with E-state index < -0.39 is 0 Å². The second-order valence-electron chi connectivity index (χ2n) is 3.56. The molecule has 1 unspecified atom stereocenters. The summed E-state index contributed by atoms with van der Waals surface area (Å²) in [5.74, 6) is 0.769. The molecule has 0 bridgehead atoms. The smallest absolute Gasteiger partial charge is 0.122 e. The van der Waals surface area contributed by atoms with E-state index in [4.69, 9.17) is 14.9 Å². The van der Waals surface area contributed by atoms with Gasteiger partial charge in [-0.1, -0.05) is 18.2 Å². The highest BCUT2D eigenvalue weighted by Gasteiger charge is 2.07. The van der Waals surface area contributed by atoms with Crippen LogP contribution in [0.4, 0.5) is 0 Å². The van der Waals surface area contributed by atoms with Gasteiger partial charge in [0.25, 0.3) is 0 Å². The molecule has 1 atom stereocenters. The highest BCUT2D eigenvalue weighted by atomic mass is 16.5. The summed E-state index contributed by atoms with van der Waals surface area (Å²) < 4.78 is 5.60. The molecule has 4 heteroatoms. The quantitative estimate of drug-likeness (QED) is 0.619. The molecule has 0 aliphatic heterocycles. The van der Waals surface area contributed by atoms with Crippen LogP contribution in [0, 0.1) is 0 Å². The largest absolute Gasteiger partial charge is 0.492 e. The number of nitrogens with one attached hydrogen (secondary N) is 1. The maximum Gasteiger partial charge on any atom is 0.122 e. The van der Waals surface area contributed by atoms with Crippen molar-refractivity contribution in [1.82, 2.24) is 5.32 Å². The zero-order chi connectivity index (χ0) is 11.8. The van der Waals surface area contributed by atoms with Crippen molar-refractivity contribution in [3.63, 3.8) is 0 Å². The normalized spacial score (nSPS) is 12.4. The van der Waals surface area contributed by atoms with Crippen LogP contribution >= 0.6 is 0 Å². The molecule has 0 fully saturated rings. The second kappa shape index (κ2) is 7.22. The summed E-state index contributed by atoms with van der Waals surface area (Å²) in [5.41, 5.74) is 0.984. The van der Waals surface area contributed by atoms with Crippen LogP contribution in [0.15, 0.2) is 24.3 Å². The summed E-state index contributed by atoms with van der Waals surface area (Å²) in [5, 5.41) is 20.8. The van der Waals surface area contributed by atoms with E-state index in [-0.39, 0.29) is 19.3 Å². The van der Waals surface area contributed by atoms with Gasteiger partial charge in [0.05, 0.1) is 12.6 Å². The molecule has 16 heavy (non-hydrogen) atoms. The molecule has 90 valence electrons. The number of aliphatic hydroxyl groups excluding tert-OH is 2. The van der Waals surface area contributed by atoms with Gasteiger partial charge in [-0.25, -0.2) is 0 Å². The van der Waals surface area contributed by atoms with Crippen molar-refractivity contribution in [2.24, 2.45) is 0 Å². The van der Waals surface area contributed by atoms with E-state index in [9.17, 15) is 0 Å². The fourth-order valence-corrected chi connectivity index (χ4v) is 1.39. The van der Waals surface area contributed by atoms with Crippen LogP contribution < -0.4 is 10.1 Å². The molecule has 4 nitrogen and oxygen atoms in total. The third kappa shape index (κ3) is 3.81. The molecule has 0 heterocycles. The van der Waals surface area contributed by atoms with E-state index in [1.54, 1.807) is 7.05 Å². The second-order valence-corrected chi connectivity index (χ2v) is 3.56. The number of hydrogen-bond acceptors (Lipinski definition) is 4. The fraction of sp³-hybridized carbons (Fsp3) is 0.500. The molecule has 0 saturated carbocycles. The lowest BCUT2D eigenvalue weighted by atomic mass is 10.1. The zero-order valence-electron chi connectivity index (χ0n) is 9.52. The van der Waals surface area contributed by atoms with E-state index >= 15 is 0 Å². The first-order valence-corrected chi connectivity index (χ1v) is 5.41. The van der Waals surface area contributed by atoms with Crippen molar-refractivity contribution in [2.75, 3.05) is 26.9 Å². The van der Waals surface area contributed by atoms with Crippen LogP contribution in [-0.2, 0) is 6.42 Å². The summed E-state index contributed by atoms with van der Waals surface area (Å²) in [6, 6.07) is 7.54. The molecule has 1 rings (SSSR count). The Labute approximate surface area is 95.9 Å². The highest BCUT2D eigenvalue weighted by molar-refractivity contribution is 5.33.